The van der Waals surface area contributed by atoms with Gasteiger partial charge >= 0.3 is 0 Å². The normalized spacial score (nSPS) is 32.6. The Kier molecular flexibility index (Phi) is 3.00. The zero-order valence-corrected chi connectivity index (χ0v) is 8.20. The van der Waals surface area contributed by atoms with Gasteiger partial charge in [-0.2, -0.15) is 0 Å². The van der Waals surface area contributed by atoms with Gasteiger partial charge in [0.25, 0.3) is 0 Å². The Hall–Kier alpha value is -1.23. The Balaban J connectivity index is 2.78. The number of nitrogens with one attached hydrogen (secondary N) is 1. The zero-order chi connectivity index (χ0) is 10.8. The van der Waals surface area contributed by atoms with E-state index >= 15 is 0 Å². The average molecular weight is 199 g/mol. The van der Waals surface area contributed by atoms with Crippen molar-refractivity contribution in [2.75, 3.05) is 13.7 Å². The second-order valence-corrected chi connectivity index (χ2v) is 3.74. The van der Waals surface area contributed by atoms with Crippen molar-refractivity contribution in [2.45, 2.75) is 18.9 Å². The fourth-order valence-electron chi connectivity index (χ4n) is 1.60. The molecule has 5 nitrogen and oxygen atoms in total. The molecule has 1 aliphatic heterocycles. The average Bonchev–Trinajstić information content (AvgIpc) is 2.02. The molecule has 1 fully saturated rings. The van der Waals surface area contributed by atoms with Gasteiger partial charge in [0.2, 0.25) is 5.91 Å². The molecule has 0 aromatic heterocycles. The summed E-state index contributed by atoms with van der Waals surface area (Å²) in [4.78, 5) is 33.1. The van der Waals surface area contributed by atoms with E-state index in [1.807, 2.05) is 0 Å². The first-order valence-electron chi connectivity index (χ1n) is 4.31. The van der Waals surface area contributed by atoms with E-state index in [9.17, 15) is 14.4 Å². The molecule has 0 spiro atoms. The van der Waals surface area contributed by atoms with Crippen LogP contribution in [0.2, 0.25) is 0 Å². The minimum absolute atomic E-state index is 0.135. The molecule has 2 atom stereocenters. The summed E-state index contributed by atoms with van der Waals surface area (Å²) in [5, 5.41) is 2.61. The van der Waals surface area contributed by atoms with Crippen molar-refractivity contribution >= 4 is 18.0 Å². The molecular weight excluding hydrogens is 186 g/mol. The fourth-order valence-corrected chi connectivity index (χ4v) is 1.60. The molecular formula is C9H13NO4. The van der Waals surface area contributed by atoms with Crippen molar-refractivity contribution in [1.29, 1.82) is 0 Å². The molecule has 14 heavy (non-hydrogen) atoms. The lowest BCUT2D eigenvalue weighted by Crippen LogP contribution is -2.59. The van der Waals surface area contributed by atoms with E-state index < -0.39 is 17.4 Å². The maximum absolute atomic E-state index is 11.4. The number of piperidine rings is 1. The van der Waals surface area contributed by atoms with Gasteiger partial charge in [-0.25, -0.2) is 0 Å². The standard InChI is InChI=1S/C9H13NO4/c1-9(5-14-2)3-7(12)6(4-11)8(13)10-9/h4,6H,3,5H2,1-2H3,(H,10,13). The first-order valence-corrected chi connectivity index (χ1v) is 4.31. The van der Waals surface area contributed by atoms with Crippen LogP contribution in [0.5, 0.6) is 0 Å². The lowest BCUT2D eigenvalue weighted by molar-refractivity contribution is -0.143. The number of rotatable bonds is 3. The predicted molar refractivity (Wildman–Crippen MR) is 47.6 cm³/mol. The molecule has 5 heteroatoms. The van der Waals surface area contributed by atoms with E-state index in [1.54, 1.807) is 6.92 Å². The summed E-state index contributed by atoms with van der Waals surface area (Å²) in [6.07, 6.45) is 0.514. The molecule has 0 aromatic rings. The van der Waals surface area contributed by atoms with Crippen LogP contribution in [0.1, 0.15) is 13.3 Å². The van der Waals surface area contributed by atoms with E-state index in [4.69, 9.17) is 4.74 Å². The number of carbonyl (C=O) groups is 3. The Bertz CT molecular complexity index is 256. The minimum Gasteiger partial charge on any atom is -0.382 e. The molecule has 0 bridgehead atoms. The number of ketones is 1. The predicted octanol–water partition coefficient (Wildman–Crippen LogP) is -0.704. The van der Waals surface area contributed by atoms with Gasteiger partial charge in [-0.1, -0.05) is 0 Å². The van der Waals surface area contributed by atoms with Gasteiger partial charge in [-0.15, -0.1) is 0 Å². The van der Waals surface area contributed by atoms with Gasteiger partial charge < -0.3 is 14.8 Å². The third kappa shape index (κ3) is 1.98. The molecule has 1 aliphatic rings. The second kappa shape index (κ2) is 3.88. The second-order valence-electron chi connectivity index (χ2n) is 3.74. The zero-order valence-electron chi connectivity index (χ0n) is 8.20. The van der Waals surface area contributed by atoms with Crippen molar-refractivity contribution in [3.63, 3.8) is 0 Å². The van der Waals surface area contributed by atoms with Gasteiger partial charge in [0.05, 0.1) is 12.1 Å². The number of carbonyl (C=O) groups excluding carboxylic acids is 3. The first-order chi connectivity index (χ1) is 6.52. The first kappa shape index (κ1) is 10.8. The van der Waals surface area contributed by atoms with Gasteiger partial charge in [0.15, 0.2) is 11.7 Å². The third-order valence-corrected chi connectivity index (χ3v) is 2.22. The van der Waals surface area contributed by atoms with Crippen molar-refractivity contribution in [2.24, 2.45) is 5.92 Å². The van der Waals surface area contributed by atoms with Crippen LogP contribution in [0, 0.1) is 5.92 Å². The van der Waals surface area contributed by atoms with E-state index in [0.717, 1.165) is 0 Å². The number of ether oxygens (including phenoxy) is 1. The summed E-state index contributed by atoms with van der Waals surface area (Å²) in [6.45, 7) is 1.98. The highest BCUT2D eigenvalue weighted by Gasteiger charge is 2.41. The quantitative estimate of drug-likeness (QED) is 0.481. The van der Waals surface area contributed by atoms with Crippen LogP contribution < -0.4 is 5.32 Å². The lowest BCUT2D eigenvalue weighted by Gasteiger charge is -2.34. The Morgan fingerprint density at radius 1 is 1.64 bits per heavy atom. The van der Waals surface area contributed by atoms with E-state index in [1.165, 1.54) is 7.11 Å². The van der Waals surface area contributed by atoms with Crippen LogP contribution in [0.3, 0.4) is 0 Å². The molecule has 1 amide bonds. The van der Waals surface area contributed by atoms with Crippen LogP contribution in [0.25, 0.3) is 0 Å². The van der Waals surface area contributed by atoms with E-state index in [-0.39, 0.29) is 18.8 Å². The van der Waals surface area contributed by atoms with E-state index in [2.05, 4.69) is 5.32 Å². The Labute approximate surface area is 81.8 Å². The summed E-state index contributed by atoms with van der Waals surface area (Å²) in [7, 11) is 1.49. The molecule has 1 saturated heterocycles. The van der Waals surface area contributed by atoms with Crippen molar-refractivity contribution in [3.8, 4) is 0 Å². The number of methoxy groups -OCH3 is 1. The number of hydrogen-bond donors (Lipinski definition) is 1. The Morgan fingerprint density at radius 3 is 2.71 bits per heavy atom. The SMILES string of the molecule is COCC1(C)CC(=O)C(C=O)C(=O)N1. The van der Waals surface area contributed by atoms with Gasteiger partial charge in [0, 0.05) is 13.5 Å². The van der Waals surface area contributed by atoms with E-state index in [0.29, 0.717) is 6.29 Å². The molecule has 0 aliphatic carbocycles. The molecule has 1 heterocycles. The van der Waals surface area contributed by atoms with Gasteiger partial charge in [0.1, 0.15) is 6.29 Å². The molecule has 1 N–H and O–H groups in total. The molecule has 0 saturated carbocycles. The van der Waals surface area contributed by atoms with Crippen LogP contribution in [-0.2, 0) is 19.1 Å². The van der Waals surface area contributed by atoms with Gasteiger partial charge in [-0.3, -0.25) is 9.59 Å². The fraction of sp³-hybridized carbons (Fsp3) is 0.667. The maximum atomic E-state index is 11.4. The van der Waals surface area contributed by atoms with Crippen molar-refractivity contribution < 1.29 is 19.1 Å². The van der Waals surface area contributed by atoms with Crippen LogP contribution in [0.4, 0.5) is 0 Å². The largest absolute Gasteiger partial charge is 0.382 e. The van der Waals surface area contributed by atoms with Gasteiger partial charge in [-0.05, 0) is 6.92 Å². The topological polar surface area (TPSA) is 72.5 Å². The highest BCUT2D eigenvalue weighted by atomic mass is 16.5. The summed E-state index contributed by atoms with van der Waals surface area (Å²) < 4.78 is 4.89. The maximum Gasteiger partial charge on any atom is 0.238 e. The van der Waals surface area contributed by atoms with Crippen LogP contribution in [-0.4, -0.2) is 37.2 Å². The van der Waals surface area contributed by atoms with Crippen LogP contribution in [0.15, 0.2) is 0 Å². The smallest absolute Gasteiger partial charge is 0.238 e. The number of Topliss-reactive ketones (excluding diaryl/α,β-unsaturated/α-hetero) is 1. The molecule has 2 unspecified atom stereocenters. The summed E-state index contributed by atoms with van der Waals surface area (Å²) in [5.74, 6) is -2.01. The highest BCUT2D eigenvalue weighted by molar-refractivity contribution is 6.14. The summed E-state index contributed by atoms with van der Waals surface area (Å²) >= 11 is 0. The number of hydrogen-bond acceptors (Lipinski definition) is 4. The number of amides is 1. The van der Waals surface area contributed by atoms with Crippen molar-refractivity contribution in [3.05, 3.63) is 0 Å². The summed E-state index contributed by atoms with van der Waals surface area (Å²) in [6, 6.07) is 0. The lowest BCUT2D eigenvalue weighted by atomic mass is 9.85. The van der Waals surface area contributed by atoms with Crippen LogP contribution >= 0.6 is 0 Å². The monoisotopic (exact) mass is 199 g/mol. The third-order valence-electron chi connectivity index (χ3n) is 2.22. The molecule has 0 aromatic carbocycles. The van der Waals surface area contributed by atoms with Crippen molar-refractivity contribution in [1.82, 2.24) is 5.32 Å². The Morgan fingerprint density at radius 2 is 2.29 bits per heavy atom. The molecule has 1 rings (SSSR count). The highest BCUT2D eigenvalue weighted by Crippen LogP contribution is 2.19. The number of aldehydes is 1. The molecule has 0 radical (unpaired) electrons. The summed E-state index contributed by atoms with van der Waals surface area (Å²) in [5.41, 5.74) is -0.678. The molecule has 78 valence electrons. The minimum atomic E-state index is -1.14.